The van der Waals surface area contributed by atoms with Crippen LogP contribution in [0, 0.1) is 0 Å². The Kier molecular flexibility index (Phi) is 6.77. The standard InChI is InChI=1S/C14H26N2O3S2/c1-5-14(6-2,19-7-3)13-16-12(10-20-13)11(15)8-9-21(4,17)18/h10-11H,5-9,15H2,1-4H3. The summed E-state index contributed by atoms with van der Waals surface area (Å²) < 4.78 is 28.4. The van der Waals surface area contributed by atoms with Gasteiger partial charge in [0, 0.05) is 24.3 Å². The molecule has 7 heteroatoms. The Labute approximate surface area is 131 Å². The Morgan fingerprint density at radius 3 is 2.48 bits per heavy atom. The third kappa shape index (κ3) is 5.02. The molecule has 1 rings (SSSR count). The summed E-state index contributed by atoms with van der Waals surface area (Å²) in [5, 5.41) is 2.85. The van der Waals surface area contributed by atoms with Crippen LogP contribution < -0.4 is 5.73 Å². The molecule has 1 aromatic heterocycles. The third-order valence-electron chi connectivity index (χ3n) is 3.65. The largest absolute Gasteiger partial charge is 0.368 e. The van der Waals surface area contributed by atoms with Gasteiger partial charge in [0.25, 0.3) is 0 Å². The van der Waals surface area contributed by atoms with Gasteiger partial charge in [0.1, 0.15) is 20.4 Å². The molecule has 5 nitrogen and oxygen atoms in total. The maximum Gasteiger partial charge on any atom is 0.147 e. The molecular formula is C14H26N2O3S2. The summed E-state index contributed by atoms with van der Waals surface area (Å²) in [6.45, 7) is 6.79. The summed E-state index contributed by atoms with van der Waals surface area (Å²) in [7, 11) is -3.00. The Hall–Kier alpha value is -0.500. The summed E-state index contributed by atoms with van der Waals surface area (Å²) >= 11 is 1.54. The maximum atomic E-state index is 11.2. The lowest BCUT2D eigenvalue weighted by molar-refractivity contribution is -0.0507. The third-order valence-corrected chi connectivity index (χ3v) is 5.68. The van der Waals surface area contributed by atoms with Crippen LogP contribution in [-0.2, 0) is 20.2 Å². The van der Waals surface area contributed by atoms with Crippen molar-refractivity contribution in [1.29, 1.82) is 0 Å². The van der Waals surface area contributed by atoms with Crippen LogP contribution in [0.3, 0.4) is 0 Å². The summed E-state index contributed by atoms with van der Waals surface area (Å²) in [5.41, 5.74) is 6.46. The molecule has 0 aliphatic rings. The van der Waals surface area contributed by atoms with Crippen LogP contribution >= 0.6 is 11.3 Å². The minimum atomic E-state index is -3.00. The van der Waals surface area contributed by atoms with E-state index in [4.69, 9.17) is 10.5 Å². The first-order valence-corrected chi connectivity index (χ1v) is 10.2. The molecule has 0 saturated carbocycles. The van der Waals surface area contributed by atoms with Gasteiger partial charge in [0.2, 0.25) is 0 Å². The van der Waals surface area contributed by atoms with Crippen LogP contribution in [0.4, 0.5) is 0 Å². The van der Waals surface area contributed by atoms with E-state index in [1.54, 1.807) is 11.3 Å². The van der Waals surface area contributed by atoms with Gasteiger partial charge in [0.05, 0.1) is 11.4 Å². The number of sulfone groups is 1. The van der Waals surface area contributed by atoms with Crippen molar-refractivity contribution in [3.05, 3.63) is 16.1 Å². The van der Waals surface area contributed by atoms with E-state index in [1.165, 1.54) is 6.26 Å². The van der Waals surface area contributed by atoms with Crippen LogP contribution in [0.15, 0.2) is 5.38 Å². The van der Waals surface area contributed by atoms with Crippen LogP contribution in [0.25, 0.3) is 0 Å². The number of rotatable bonds is 9. The zero-order chi connectivity index (χ0) is 16.1. The first-order chi connectivity index (χ1) is 9.78. The monoisotopic (exact) mass is 334 g/mol. The van der Waals surface area contributed by atoms with E-state index in [1.807, 2.05) is 12.3 Å². The van der Waals surface area contributed by atoms with Crippen LogP contribution in [-0.4, -0.2) is 32.0 Å². The van der Waals surface area contributed by atoms with E-state index < -0.39 is 9.84 Å². The molecule has 2 N–H and O–H groups in total. The van der Waals surface area contributed by atoms with Crippen molar-refractivity contribution in [3.63, 3.8) is 0 Å². The van der Waals surface area contributed by atoms with Crippen molar-refractivity contribution in [2.24, 2.45) is 5.73 Å². The molecule has 1 atom stereocenters. The molecular weight excluding hydrogens is 308 g/mol. The minimum absolute atomic E-state index is 0.0825. The molecule has 0 fully saturated rings. The summed E-state index contributed by atoms with van der Waals surface area (Å²) in [6.07, 6.45) is 3.31. The summed E-state index contributed by atoms with van der Waals surface area (Å²) in [5.74, 6) is 0.0825. The number of hydrogen-bond donors (Lipinski definition) is 1. The van der Waals surface area contributed by atoms with Gasteiger partial charge in [-0.1, -0.05) is 13.8 Å². The zero-order valence-electron chi connectivity index (χ0n) is 13.3. The first-order valence-electron chi connectivity index (χ1n) is 7.31. The molecule has 1 heterocycles. The lowest BCUT2D eigenvalue weighted by Crippen LogP contribution is -2.28. The quantitative estimate of drug-likeness (QED) is 0.750. The minimum Gasteiger partial charge on any atom is -0.368 e. The van der Waals surface area contributed by atoms with Crippen molar-refractivity contribution >= 4 is 21.2 Å². The predicted octanol–water partition coefficient (Wildman–Crippen LogP) is 2.63. The first kappa shape index (κ1) is 18.5. The van der Waals surface area contributed by atoms with Gasteiger partial charge in [-0.05, 0) is 26.2 Å². The van der Waals surface area contributed by atoms with Gasteiger partial charge in [-0.3, -0.25) is 0 Å². The van der Waals surface area contributed by atoms with E-state index in [2.05, 4.69) is 18.8 Å². The van der Waals surface area contributed by atoms with Gasteiger partial charge < -0.3 is 10.5 Å². The fourth-order valence-corrected chi connectivity index (χ4v) is 4.11. The molecule has 1 unspecified atom stereocenters. The number of aromatic nitrogens is 1. The highest BCUT2D eigenvalue weighted by Gasteiger charge is 2.32. The number of hydrogen-bond acceptors (Lipinski definition) is 6. The molecule has 1 aromatic rings. The summed E-state index contributed by atoms with van der Waals surface area (Å²) in [4.78, 5) is 4.62. The summed E-state index contributed by atoms with van der Waals surface area (Å²) in [6, 6.07) is -0.349. The van der Waals surface area contributed by atoms with E-state index in [0.29, 0.717) is 13.0 Å². The van der Waals surface area contributed by atoms with Crippen LogP contribution in [0.5, 0.6) is 0 Å². The molecule has 0 saturated heterocycles. The lowest BCUT2D eigenvalue weighted by Gasteiger charge is -2.29. The van der Waals surface area contributed by atoms with Crippen molar-refractivity contribution < 1.29 is 13.2 Å². The molecule has 0 aliphatic carbocycles. The van der Waals surface area contributed by atoms with E-state index >= 15 is 0 Å². The van der Waals surface area contributed by atoms with Gasteiger partial charge in [-0.2, -0.15) is 0 Å². The Bertz CT molecular complexity index is 536. The molecule has 122 valence electrons. The number of nitrogens with two attached hydrogens (primary N) is 1. The van der Waals surface area contributed by atoms with Gasteiger partial charge in [-0.15, -0.1) is 11.3 Å². The zero-order valence-corrected chi connectivity index (χ0v) is 14.9. The Morgan fingerprint density at radius 2 is 2.00 bits per heavy atom. The average molecular weight is 335 g/mol. The predicted molar refractivity (Wildman–Crippen MR) is 87.3 cm³/mol. The molecule has 21 heavy (non-hydrogen) atoms. The molecule has 0 aliphatic heterocycles. The lowest BCUT2D eigenvalue weighted by atomic mass is 9.98. The highest BCUT2D eigenvalue weighted by Crippen LogP contribution is 2.36. The molecule has 0 aromatic carbocycles. The molecule has 0 amide bonds. The average Bonchev–Trinajstić information content (AvgIpc) is 2.91. The van der Waals surface area contributed by atoms with Gasteiger partial charge in [-0.25, -0.2) is 13.4 Å². The second-order valence-corrected chi connectivity index (χ2v) is 8.35. The van der Waals surface area contributed by atoms with Crippen LogP contribution in [0.1, 0.15) is 56.8 Å². The fraction of sp³-hybridized carbons (Fsp3) is 0.786. The van der Waals surface area contributed by atoms with E-state index in [9.17, 15) is 8.42 Å². The Morgan fingerprint density at radius 1 is 1.38 bits per heavy atom. The maximum absolute atomic E-state index is 11.2. The van der Waals surface area contributed by atoms with Crippen LogP contribution in [0.2, 0.25) is 0 Å². The van der Waals surface area contributed by atoms with Crippen molar-refractivity contribution in [3.8, 4) is 0 Å². The topological polar surface area (TPSA) is 82.3 Å². The fourth-order valence-electron chi connectivity index (χ4n) is 2.25. The van der Waals surface area contributed by atoms with E-state index in [-0.39, 0.29) is 17.4 Å². The second-order valence-electron chi connectivity index (χ2n) is 5.24. The highest BCUT2D eigenvalue weighted by molar-refractivity contribution is 7.90. The second kappa shape index (κ2) is 7.67. The highest BCUT2D eigenvalue weighted by atomic mass is 32.2. The van der Waals surface area contributed by atoms with Gasteiger partial charge >= 0.3 is 0 Å². The van der Waals surface area contributed by atoms with Gasteiger partial charge in [0.15, 0.2) is 0 Å². The smallest absolute Gasteiger partial charge is 0.147 e. The Balaban J connectivity index is 2.88. The SMILES string of the molecule is CCOC(CC)(CC)c1nc(C(N)CCS(C)(=O)=O)cs1. The van der Waals surface area contributed by atoms with E-state index in [0.717, 1.165) is 23.5 Å². The molecule has 0 radical (unpaired) electrons. The normalized spacial score (nSPS) is 14.3. The molecule has 0 spiro atoms. The number of thiazole rings is 1. The van der Waals surface area contributed by atoms with Crippen molar-refractivity contribution in [1.82, 2.24) is 4.98 Å². The number of nitrogens with zero attached hydrogens (tertiary/aromatic N) is 1. The van der Waals surface area contributed by atoms with Crippen molar-refractivity contribution in [2.45, 2.75) is 51.7 Å². The van der Waals surface area contributed by atoms with Crippen molar-refractivity contribution in [2.75, 3.05) is 18.6 Å². The number of ether oxygens (including phenoxy) is 1. The molecule has 0 bridgehead atoms.